The molecule has 2 aromatic rings. The summed E-state index contributed by atoms with van der Waals surface area (Å²) in [6.07, 6.45) is 1.59. The van der Waals surface area contributed by atoms with Crippen LogP contribution in [0.3, 0.4) is 0 Å². The number of ether oxygens (including phenoxy) is 3. The van der Waals surface area contributed by atoms with E-state index in [9.17, 15) is 14.7 Å². The zero-order chi connectivity index (χ0) is 23.5. The zero-order valence-corrected chi connectivity index (χ0v) is 19.2. The molecule has 1 N–H and O–H groups in total. The number of ketones is 1. The first-order valence-corrected chi connectivity index (χ1v) is 11.2. The van der Waals surface area contributed by atoms with Crippen LogP contribution in [0.5, 0.6) is 11.5 Å². The van der Waals surface area contributed by atoms with Gasteiger partial charge in [-0.3, -0.25) is 9.59 Å². The molecule has 2 aliphatic heterocycles. The second-order valence-electron chi connectivity index (χ2n) is 8.30. The van der Waals surface area contributed by atoms with Gasteiger partial charge in [-0.1, -0.05) is 35.9 Å². The van der Waals surface area contributed by atoms with Crippen molar-refractivity contribution in [1.82, 2.24) is 4.90 Å². The Morgan fingerprint density at radius 2 is 1.91 bits per heavy atom. The highest BCUT2D eigenvalue weighted by Crippen LogP contribution is 2.42. The summed E-state index contributed by atoms with van der Waals surface area (Å²) in [5.41, 5.74) is 2.23. The molecule has 0 saturated carbocycles. The predicted octanol–water partition coefficient (Wildman–Crippen LogP) is 4.00. The first-order chi connectivity index (χ1) is 15.9. The molecule has 0 aliphatic carbocycles. The molecule has 2 saturated heterocycles. The number of nitrogens with zero attached hydrogens (tertiary/aromatic N) is 1. The zero-order valence-electron chi connectivity index (χ0n) is 19.2. The van der Waals surface area contributed by atoms with Crippen molar-refractivity contribution in [3.05, 3.63) is 64.7 Å². The summed E-state index contributed by atoms with van der Waals surface area (Å²) >= 11 is 0. The van der Waals surface area contributed by atoms with Crippen LogP contribution in [0.15, 0.2) is 48.0 Å². The van der Waals surface area contributed by atoms with E-state index in [4.69, 9.17) is 14.2 Å². The van der Waals surface area contributed by atoms with Crippen LogP contribution in [0, 0.1) is 6.92 Å². The summed E-state index contributed by atoms with van der Waals surface area (Å²) in [6.45, 7) is 5.21. The number of carbonyl (C=O) groups is 2. The van der Waals surface area contributed by atoms with Crippen molar-refractivity contribution in [2.45, 2.75) is 38.8 Å². The molecule has 0 radical (unpaired) electrons. The van der Waals surface area contributed by atoms with E-state index in [1.54, 1.807) is 30.3 Å². The lowest BCUT2D eigenvalue weighted by Crippen LogP contribution is -2.36. The minimum absolute atomic E-state index is 0.0630. The molecular weight excluding hydrogens is 422 g/mol. The van der Waals surface area contributed by atoms with Crippen molar-refractivity contribution in [2.24, 2.45) is 0 Å². The van der Waals surface area contributed by atoms with Crippen molar-refractivity contribution in [3.8, 4) is 11.5 Å². The smallest absolute Gasteiger partial charge is 0.295 e. The van der Waals surface area contributed by atoms with E-state index in [0.717, 1.165) is 18.4 Å². The molecule has 1 amide bonds. The van der Waals surface area contributed by atoms with Gasteiger partial charge >= 0.3 is 0 Å². The Bertz CT molecular complexity index is 1070. The summed E-state index contributed by atoms with van der Waals surface area (Å²) in [4.78, 5) is 27.8. The Morgan fingerprint density at radius 3 is 2.55 bits per heavy atom. The molecule has 2 aromatic carbocycles. The maximum atomic E-state index is 13.2. The third-order valence-electron chi connectivity index (χ3n) is 6.09. The van der Waals surface area contributed by atoms with Gasteiger partial charge in [-0.2, -0.15) is 0 Å². The number of aryl methyl sites for hydroxylation is 1. The number of benzene rings is 2. The van der Waals surface area contributed by atoms with Crippen LogP contribution in [-0.4, -0.2) is 54.7 Å². The average molecular weight is 452 g/mol. The minimum Gasteiger partial charge on any atom is -0.507 e. The largest absolute Gasteiger partial charge is 0.507 e. The van der Waals surface area contributed by atoms with Gasteiger partial charge in [0.2, 0.25) is 0 Å². The normalized spacial score (nSPS) is 22.1. The summed E-state index contributed by atoms with van der Waals surface area (Å²) < 4.78 is 16.9. The molecular formula is C26H29NO6. The number of methoxy groups -OCH3 is 1. The van der Waals surface area contributed by atoms with Gasteiger partial charge in [0.1, 0.15) is 5.76 Å². The van der Waals surface area contributed by atoms with Crippen LogP contribution >= 0.6 is 0 Å². The van der Waals surface area contributed by atoms with E-state index in [1.165, 1.54) is 12.0 Å². The van der Waals surface area contributed by atoms with E-state index in [0.29, 0.717) is 35.8 Å². The van der Waals surface area contributed by atoms with Crippen molar-refractivity contribution < 1.29 is 28.9 Å². The molecule has 174 valence electrons. The molecule has 0 aromatic heterocycles. The van der Waals surface area contributed by atoms with Gasteiger partial charge in [0.25, 0.3) is 11.7 Å². The number of aliphatic hydroxyl groups is 1. The molecule has 2 fully saturated rings. The lowest BCUT2D eigenvalue weighted by Gasteiger charge is -2.28. The maximum Gasteiger partial charge on any atom is 0.295 e. The Kier molecular flexibility index (Phi) is 6.70. The fraction of sp³-hybridized carbons (Fsp3) is 0.385. The number of amides is 1. The number of likely N-dealkylation sites (tertiary alicyclic amines) is 1. The van der Waals surface area contributed by atoms with Gasteiger partial charge in [-0.25, -0.2) is 0 Å². The van der Waals surface area contributed by atoms with E-state index in [2.05, 4.69) is 0 Å². The highest BCUT2D eigenvalue weighted by atomic mass is 16.5. The van der Waals surface area contributed by atoms with Gasteiger partial charge < -0.3 is 24.2 Å². The second kappa shape index (κ2) is 9.67. The van der Waals surface area contributed by atoms with E-state index in [1.807, 2.05) is 26.0 Å². The highest BCUT2D eigenvalue weighted by molar-refractivity contribution is 6.46. The Morgan fingerprint density at radius 1 is 1.15 bits per heavy atom. The molecule has 0 bridgehead atoms. The van der Waals surface area contributed by atoms with Crippen LogP contribution in [0.4, 0.5) is 0 Å². The summed E-state index contributed by atoms with van der Waals surface area (Å²) in [6, 6.07) is 11.7. The van der Waals surface area contributed by atoms with Gasteiger partial charge in [-0.05, 0) is 44.4 Å². The Balaban J connectivity index is 1.83. The van der Waals surface area contributed by atoms with Crippen LogP contribution in [0.25, 0.3) is 5.76 Å². The minimum atomic E-state index is -0.764. The fourth-order valence-corrected chi connectivity index (χ4v) is 4.42. The standard InChI is InChI=1S/C26H29NO6/c1-4-32-20-12-11-18(14-21(20)31-3)23-22(24(28)17-9-7-16(2)8-10-17)25(29)26(30)27(23)15-19-6-5-13-33-19/h7-12,14,19,23,28H,4-6,13,15H2,1-3H3/t19-,23+/m0/s1. The number of carbonyl (C=O) groups excluding carboxylic acids is 2. The van der Waals surface area contributed by atoms with Crippen molar-refractivity contribution in [2.75, 3.05) is 26.9 Å². The van der Waals surface area contributed by atoms with Crippen LogP contribution < -0.4 is 9.47 Å². The van der Waals surface area contributed by atoms with Gasteiger partial charge in [0.15, 0.2) is 11.5 Å². The maximum absolute atomic E-state index is 13.2. The van der Waals surface area contributed by atoms with E-state index >= 15 is 0 Å². The topological polar surface area (TPSA) is 85.3 Å². The first-order valence-electron chi connectivity index (χ1n) is 11.2. The summed E-state index contributed by atoms with van der Waals surface area (Å²) in [5, 5.41) is 11.2. The van der Waals surface area contributed by atoms with Gasteiger partial charge in [0.05, 0.1) is 31.4 Å². The lowest BCUT2D eigenvalue weighted by molar-refractivity contribution is -0.140. The molecule has 2 heterocycles. The molecule has 0 unspecified atom stereocenters. The summed E-state index contributed by atoms with van der Waals surface area (Å²) in [5.74, 6) is -0.479. The number of Topliss-reactive ketones (excluding diaryl/α,β-unsaturated/α-hetero) is 1. The number of aliphatic hydroxyl groups excluding tert-OH is 1. The quantitative estimate of drug-likeness (QED) is 0.389. The van der Waals surface area contributed by atoms with Crippen LogP contribution in [-0.2, 0) is 14.3 Å². The molecule has 7 nitrogen and oxygen atoms in total. The SMILES string of the molecule is CCOc1ccc([C@@H]2C(=C(O)c3ccc(C)cc3)C(=O)C(=O)N2C[C@@H]2CCCO2)cc1OC. The Hall–Kier alpha value is -3.32. The van der Waals surface area contributed by atoms with Crippen LogP contribution in [0.2, 0.25) is 0 Å². The Labute approximate surface area is 193 Å². The van der Waals surface area contributed by atoms with Crippen molar-refractivity contribution in [3.63, 3.8) is 0 Å². The van der Waals surface area contributed by atoms with Crippen LogP contribution in [0.1, 0.15) is 42.5 Å². The predicted molar refractivity (Wildman–Crippen MR) is 123 cm³/mol. The molecule has 33 heavy (non-hydrogen) atoms. The van der Waals surface area contributed by atoms with E-state index in [-0.39, 0.29) is 24.0 Å². The molecule has 2 atom stereocenters. The molecule has 7 heteroatoms. The first kappa shape index (κ1) is 22.9. The number of hydrogen-bond donors (Lipinski definition) is 1. The lowest BCUT2D eigenvalue weighted by atomic mass is 9.94. The fourth-order valence-electron chi connectivity index (χ4n) is 4.42. The van der Waals surface area contributed by atoms with Crippen molar-refractivity contribution in [1.29, 1.82) is 0 Å². The third-order valence-corrected chi connectivity index (χ3v) is 6.09. The summed E-state index contributed by atoms with van der Waals surface area (Å²) in [7, 11) is 1.54. The number of hydrogen-bond acceptors (Lipinski definition) is 6. The molecule has 2 aliphatic rings. The average Bonchev–Trinajstić information content (AvgIpc) is 3.42. The number of rotatable bonds is 7. The van der Waals surface area contributed by atoms with E-state index < -0.39 is 17.7 Å². The molecule has 4 rings (SSSR count). The molecule has 0 spiro atoms. The third kappa shape index (κ3) is 4.46. The van der Waals surface area contributed by atoms with Gasteiger partial charge in [0, 0.05) is 18.7 Å². The highest BCUT2D eigenvalue weighted by Gasteiger charge is 2.47. The van der Waals surface area contributed by atoms with Crippen molar-refractivity contribution >= 4 is 17.4 Å². The monoisotopic (exact) mass is 451 g/mol. The van der Waals surface area contributed by atoms with Gasteiger partial charge in [-0.15, -0.1) is 0 Å². The second-order valence-corrected chi connectivity index (χ2v) is 8.30.